The maximum Gasteiger partial charge on any atom is 0.133 e. The summed E-state index contributed by atoms with van der Waals surface area (Å²) in [5, 5.41) is 21.0. The first-order valence-electron chi connectivity index (χ1n) is 9.71. The third-order valence-electron chi connectivity index (χ3n) is 4.48. The van der Waals surface area contributed by atoms with Crippen LogP contribution in [0.3, 0.4) is 0 Å². The zero-order valence-corrected chi connectivity index (χ0v) is 16.8. The van der Waals surface area contributed by atoms with Gasteiger partial charge in [0.05, 0.1) is 13.1 Å². The highest BCUT2D eigenvalue weighted by atomic mass is 16.3. The van der Waals surface area contributed by atoms with E-state index in [-0.39, 0.29) is 11.5 Å². The first-order chi connectivity index (χ1) is 14.0. The smallest absolute Gasteiger partial charge is 0.133 e. The molecule has 6 heteroatoms. The van der Waals surface area contributed by atoms with Crippen molar-refractivity contribution >= 4 is 24.9 Å². The molecule has 0 atom stereocenters. The molecule has 1 heterocycles. The monoisotopic (exact) mass is 390 g/mol. The predicted molar refractivity (Wildman–Crippen MR) is 120 cm³/mol. The van der Waals surface area contributed by atoms with Gasteiger partial charge in [0.2, 0.25) is 0 Å². The van der Waals surface area contributed by atoms with Crippen molar-refractivity contribution in [2.75, 3.05) is 26.2 Å². The fourth-order valence-electron chi connectivity index (χ4n) is 3.09. The minimum Gasteiger partial charge on any atom is -0.507 e. The number of benzene rings is 2. The Bertz CT molecular complexity index is 911. The van der Waals surface area contributed by atoms with Crippen LogP contribution in [0.2, 0.25) is 0 Å². The Labute approximate surface area is 171 Å². The van der Waals surface area contributed by atoms with Gasteiger partial charge in [0, 0.05) is 60.2 Å². The van der Waals surface area contributed by atoms with Gasteiger partial charge < -0.3 is 10.2 Å². The van der Waals surface area contributed by atoms with Crippen LogP contribution in [-0.4, -0.2) is 61.3 Å². The molecule has 2 aromatic rings. The average molecular weight is 390 g/mol. The summed E-state index contributed by atoms with van der Waals surface area (Å²) in [4.78, 5) is 17.6. The standard InChI is InChI=1S/C23H26N4O2/c1-16-8-18-12-24-4-3-5-25-13-19-9-17(2)11-21(23(19)29)15-27-7-6-26-14-20(10-16)22(18)28/h8-15,28-29H,3-7H2,1-2H3. The van der Waals surface area contributed by atoms with Crippen molar-refractivity contribution in [1.29, 1.82) is 0 Å². The summed E-state index contributed by atoms with van der Waals surface area (Å²) in [5.74, 6) is 0.359. The van der Waals surface area contributed by atoms with E-state index in [1.807, 2.05) is 38.1 Å². The topological polar surface area (TPSA) is 89.9 Å². The minimum atomic E-state index is 0.180. The van der Waals surface area contributed by atoms with E-state index in [2.05, 4.69) is 20.0 Å². The van der Waals surface area contributed by atoms with Crippen molar-refractivity contribution in [3.63, 3.8) is 0 Å². The number of fused-ring (bicyclic) bond motifs is 4. The largest absolute Gasteiger partial charge is 0.507 e. The van der Waals surface area contributed by atoms with Crippen LogP contribution < -0.4 is 0 Å². The van der Waals surface area contributed by atoms with Crippen molar-refractivity contribution in [3.05, 3.63) is 57.6 Å². The molecule has 0 saturated heterocycles. The Morgan fingerprint density at radius 3 is 1.21 bits per heavy atom. The number of rotatable bonds is 0. The summed E-state index contributed by atoms with van der Waals surface area (Å²) in [6, 6.07) is 7.59. The van der Waals surface area contributed by atoms with E-state index < -0.39 is 0 Å². The Morgan fingerprint density at radius 1 is 0.552 bits per heavy atom. The van der Waals surface area contributed by atoms with Crippen molar-refractivity contribution in [2.45, 2.75) is 20.3 Å². The summed E-state index contributed by atoms with van der Waals surface area (Å²) in [6.45, 7) is 6.12. The number of nitrogens with zero attached hydrogens (tertiary/aromatic N) is 4. The Kier molecular flexibility index (Phi) is 6.89. The lowest BCUT2D eigenvalue weighted by Crippen LogP contribution is -1.95. The molecule has 4 bridgehead atoms. The third kappa shape index (κ3) is 5.60. The molecule has 0 radical (unpaired) electrons. The second kappa shape index (κ2) is 9.78. The predicted octanol–water partition coefficient (Wildman–Crippen LogP) is 3.49. The van der Waals surface area contributed by atoms with Gasteiger partial charge in [-0.05, 0) is 55.7 Å². The van der Waals surface area contributed by atoms with E-state index in [1.54, 1.807) is 24.9 Å². The molecule has 0 saturated carbocycles. The molecular weight excluding hydrogens is 364 g/mol. The zero-order chi connectivity index (χ0) is 20.6. The van der Waals surface area contributed by atoms with Gasteiger partial charge in [-0.3, -0.25) is 20.0 Å². The maximum absolute atomic E-state index is 10.5. The molecule has 1 aliphatic heterocycles. The van der Waals surface area contributed by atoms with Crippen LogP contribution in [0.25, 0.3) is 0 Å². The van der Waals surface area contributed by atoms with Gasteiger partial charge in [0.15, 0.2) is 0 Å². The van der Waals surface area contributed by atoms with Gasteiger partial charge in [0.25, 0.3) is 0 Å². The van der Waals surface area contributed by atoms with Gasteiger partial charge in [-0.15, -0.1) is 0 Å². The van der Waals surface area contributed by atoms with Crippen LogP contribution in [0.15, 0.2) is 44.2 Å². The summed E-state index contributed by atoms with van der Waals surface area (Å²) < 4.78 is 0. The van der Waals surface area contributed by atoms with Crippen LogP contribution in [0.1, 0.15) is 39.8 Å². The van der Waals surface area contributed by atoms with E-state index >= 15 is 0 Å². The average Bonchev–Trinajstić information content (AvgIpc) is 2.68. The van der Waals surface area contributed by atoms with Gasteiger partial charge >= 0.3 is 0 Å². The quantitative estimate of drug-likeness (QED) is 0.721. The van der Waals surface area contributed by atoms with Crippen LogP contribution in [0.4, 0.5) is 0 Å². The first kappa shape index (κ1) is 20.5. The molecule has 0 aliphatic carbocycles. The molecule has 150 valence electrons. The molecule has 2 aromatic carbocycles. The molecule has 0 amide bonds. The highest BCUT2D eigenvalue weighted by Gasteiger charge is 2.07. The molecule has 3 rings (SSSR count). The first-order valence-corrected chi connectivity index (χ1v) is 9.71. The van der Waals surface area contributed by atoms with E-state index in [1.165, 1.54) is 0 Å². The summed E-state index contributed by atoms with van der Waals surface area (Å²) in [7, 11) is 0. The third-order valence-corrected chi connectivity index (χ3v) is 4.48. The van der Waals surface area contributed by atoms with Gasteiger partial charge in [-0.1, -0.05) is 0 Å². The molecule has 0 spiro atoms. The van der Waals surface area contributed by atoms with Crippen LogP contribution in [0, 0.1) is 13.8 Å². The summed E-state index contributed by atoms with van der Waals surface area (Å²) in [6.07, 6.45) is 7.49. The molecule has 1 aliphatic rings. The lowest BCUT2D eigenvalue weighted by Gasteiger charge is -2.05. The van der Waals surface area contributed by atoms with Crippen molar-refractivity contribution in [2.24, 2.45) is 20.0 Å². The van der Waals surface area contributed by atoms with Gasteiger partial charge in [-0.2, -0.15) is 0 Å². The molecule has 29 heavy (non-hydrogen) atoms. The number of phenols is 2. The Balaban J connectivity index is 1.88. The van der Waals surface area contributed by atoms with E-state index in [0.717, 1.165) is 17.5 Å². The van der Waals surface area contributed by atoms with E-state index in [4.69, 9.17) is 0 Å². The summed E-state index contributed by atoms with van der Waals surface area (Å²) in [5.41, 5.74) is 4.76. The number of phenolic OH excluding ortho intramolecular Hbond substituents is 2. The van der Waals surface area contributed by atoms with Crippen LogP contribution >= 0.6 is 0 Å². The number of hydrogen-bond acceptors (Lipinski definition) is 6. The van der Waals surface area contributed by atoms with Gasteiger partial charge in [0.1, 0.15) is 11.5 Å². The highest BCUT2D eigenvalue weighted by Crippen LogP contribution is 2.23. The minimum absolute atomic E-state index is 0.180. The number of aryl methyl sites for hydroxylation is 2. The van der Waals surface area contributed by atoms with E-state index in [9.17, 15) is 10.2 Å². The van der Waals surface area contributed by atoms with Gasteiger partial charge in [-0.25, -0.2) is 0 Å². The van der Waals surface area contributed by atoms with Crippen LogP contribution in [-0.2, 0) is 0 Å². The number of aromatic hydroxyl groups is 2. The van der Waals surface area contributed by atoms with Crippen molar-refractivity contribution < 1.29 is 10.2 Å². The second-order valence-electron chi connectivity index (χ2n) is 7.08. The maximum atomic E-state index is 10.5. The number of aliphatic imine (C=N–C) groups is 4. The molecular formula is C23H26N4O2. The molecule has 0 fully saturated rings. The normalized spacial score (nSPS) is 15.0. The fourth-order valence-corrected chi connectivity index (χ4v) is 3.09. The highest BCUT2D eigenvalue weighted by molar-refractivity contribution is 5.93. The lowest BCUT2D eigenvalue weighted by atomic mass is 10.1. The van der Waals surface area contributed by atoms with E-state index in [0.29, 0.717) is 48.4 Å². The second-order valence-corrected chi connectivity index (χ2v) is 7.08. The van der Waals surface area contributed by atoms with Crippen molar-refractivity contribution in [3.8, 4) is 11.5 Å². The molecule has 0 aromatic heterocycles. The van der Waals surface area contributed by atoms with Crippen LogP contribution in [0.5, 0.6) is 11.5 Å². The zero-order valence-electron chi connectivity index (χ0n) is 16.8. The summed E-state index contributed by atoms with van der Waals surface area (Å²) >= 11 is 0. The molecule has 6 nitrogen and oxygen atoms in total. The van der Waals surface area contributed by atoms with Crippen molar-refractivity contribution in [1.82, 2.24) is 0 Å². The molecule has 2 N–H and O–H groups in total. The Hall–Kier alpha value is -3.28. The molecule has 0 unspecified atom stereocenters. The SMILES string of the molecule is Cc1cc2c(O)c(c1)C=NCCN=Cc1cc(C)cc(c1O)C=NCCCN=C2. The fraction of sp³-hybridized carbons (Fsp3) is 0.304. The Morgan fingerprint density at radius 2 is 0.862 bits per heavy atom. The lowest BCUT2D eigenvalue weighted by molar-refractivity contribution is 0.473. The number of hydrogen-bond donors (Lipinski definition) is 2.